The van der Waals surface area contributed by atoms with Gasteiger partial charge in [0.2, 0.25) is 0 Å². The zero-order valence-corrected chi connectivity index (χ0v) is 12.9. The molecule has 4 heteroatoms. The fourth-order valence-corrected chi connectivity index (χ4v) is 3.00. The van der Waals surface area contributed by atoms with Crippen molar-refractivity contribution >= 4 is 0 Å². The predicted molar refractivity (Wildman–Crippen MR) is 79.0 cm³/mol. The average Bonchev–Trinajstić information content (AvgIpc) is 2.40. The molecule has 0 amide bonds. The lowest BCUT2D eigenvalue weighted by atomic mass is 9.75. The molecule has 0 radical (unpaired) electrons. The zero-order chi connectivity index (χ0) is 15.7. The van der Waals surface area contributed by atoms with Crippen LogP contribution in [0, 0.1) is 5.41 Å². The van der Waals surface area contributed by atoms with Gasteiger partial charge in [-0.05, 0) is 55.7 Å². The molecule has 1 N–H and O–H groups in total. The molecular formula is C17H24F3N. The first-order chi connectivity index (χ1) is 9.67. The first-order valence-electron chi connectivity index (χ1n) is 7.61. The summed E-state index contributed by atoms with van der Waals surface area (Å²) in [5, 5.41) is 3.48. The van der Waals surface area contributed by atoms with Crippen LogP contribution in [0.2, 0.25) is 0 Å². The van der Waals surface area contributed by atoms with Crippen LogP contribution in [0.25, 0.3) is 0 Å². The van der Waals surface area contributed by atoms with E-state index >= 15 is 0 Å². The SMILES string of the molecule is CC(NC1CCC(C)(C)CC1)c1cccc(C(F)(F)F)c1. The molecule has 1 aliphatic rings. The highest BCUT2D eigenvalue weighted by atomic mass is 19.4. The second kappa shape index (κ2) is 5.99. The second-order valence-corrected chi connectivity index (χ2v) is 6.95. The van der Waals surface area contributed by atoms with Crippen LogP contribution in [0.4, 0.5) is 13.2 Å². The highest BCUT2D eigenvalue weighted by Crippen LogP contribution is 2.36. The molecule has 1 saturated carbocycles. The Morgan fingerprint density at radius 1 is 1.19 bits per heavy atom. The maximum atomic E-state index is 12.8. The fraction of sp³-hybridized carbons (Fsp3) is 0.647. The van der Waals surface area contributed by atoms with Gasteiger partial charge in [-0.2, -0.15) is 13.2 Å². The van der Waals surface area contributed by atoms with Gasteiger partial charge in [-0.3, -0.25) is 0 Å². The summed E-state index contributed by atoms with van der Waals surface area (Å²) in [6, 6.07) is 5.98. The van der Waals surface area contributed by atoms with Crippen LogP contribution in [0.1, 0.15) is 63.6 Å². The minimum absolute atomic E-state index is 0.0569. The van der Waals surface area contributed by atoms with Gasteiger partial charge in [-0.25, -0.2) is 0 Å². The van der Waals surface area contributed by atoms with E-state index in [1.54, 1.807) is 6.07 Å². The Kier molecular flexibility index (Phi) is 4.66. The number of hydrogen-bond acceptors (Lipinski definition) is 1. The van der Waals surface area contributed by atoms with Crippen molar-refractivity contribution in [1.29, 1.82) is 0 Å². The lowest BCUT2D eigenvalue weighted by molar-refractivity contribution is -0.137. The third-order valence-electron chi connectivity index (χ3n) is 4.54. The Hall–Kier alpha value is -1.03. The van der Waals surface area contributed by atoms with E-state index in [0.717, 1.165) is 18.9 Å². The average molecular weight is 299 g/mol. The second-order valence-electron chi connectivity index (χ2n) is 6.95. The van der Waals surface area contributed by atoms with Gasteiger partial charge in [-0.15, -0.1) is 0 Å². The highest BCUT2D eigenvalue weighted by molar-refractivity contribution is 5.27. The van der Waals surface area contributed by atoms with Gasteiger partial charge >= 0.3 is 6.18 Å². The lowest BCUT2D eigenvalue weighted by Crippen LogP contribution is -2.37. The number of nitrogens with one attached hydrogen (secondary N) is 1. The van der Waals surface area contributed by atoms with Crippen molar-refractivity contribution < 1.29 is 13.2 Å². The van der Waals surface area contributed by atoms with Crippen molar-refractivity contribution in [3.05, 3.63) is 35.4 Å². The molecule has 0 aromatic heterocycles. The largest absolute Gasteiger partial charge is 0.416 e. The van der Waals surface area contributed by atoms with Crippen LogP contribution in [0.5, 0.6) is 0 Å². The van der Waals surface area contributed by atoms with Crippen molar-refractivity contribution in [2.24, 2.45) is 5.41 Å². The van der Waals surface area contributed by atoms with E-state index in [2.05, 4.69) is 19.2 Å². The van der Waals surface area contributed by atoms with Gasteiger partial charge in [0.05, 0.1) is 5.56 Å². The number of alkyl halides is 3. The Labute approximate surface area is 124 Å². The maximum Gasteiger partial charge on any atom is 0.416 e. The third-order valence-corrected chi connectivity index (χ3v) is 4.54. The van der Waals surface area contributed by atoms with Crippen LogP contribution in [-0.2, 0) is 6.18 Å². The van der Waals surface area contributed by atoms with E-state index in [1.807, 2.05) is 6.92 Å². The maximum absolute atomic E-state index is 12.8. The Balaban J connectivity index is 1.99. The standard InChI is InChI=1S/C17H24F3N/c1-12(21-15-7-9-16(2,3)10-8-15)13-5-4-6-14(11-13)17(18,19)20/h4-6,11-12,15,21H,7-10H2,1-3H3. The van der Waals surface area contributed by atoms with Crippen LogP contribution in [-0.4, -0.2) is 6.04 Å². The van der Waals surface area contributed by atoms with Gasteiger partial charge in [0.1, 0.15) is 0 Å². The molecule has 118 valence electrons. The van der Waals surface area contributed by atoms with Crippen molar-refractivity contribution in [2.45, 2.75) is 64.7 Å². The van der Waals surface area contributed by atoms with E-state index in [4.69, 9.17) is 0 Å². The van der Waals surface area contributed by atoms with E-state index < -0.39 is 11.7 Å². The summed E-state index contributed by atoms with van der Waals surface area (Å²) < 4.78 is 38.3. The Morgan fingerprint density at radius 2 is 1.81 bits per heavy atom. The molecule has 1 atom stereocenters. The van der Waals surface area contributed by atoms with E-state index in [9.17, 15) is 13.2 Å². The minimum Gasteiger partial charge on any atom is -0.307 e. The van der Waals surface area contributed by atoms with E-state index in [-0.39, 0.29) is 6.04 Å². The Morgan fingerprint density at radius 3 is 2.38 bits per heavy atom. The molecule has 0 spiro atoms. The molecule has 1 aromatic rings. The van der Waals surface area contributed by atoms with Gasteiger partial charge in [0, 0.05) is 12.1 Å². The normalized spacial score (nSPS) is 21.2. The molecule has 21 heavy (non-hydrogen) atoms. The molecule has 0 aliphatic heterocycles. The molecular weight excluding hydrogens is 275 g/mol. The van der Waals surface area contributed by atoms with E-state index in [0.29, 0.717) is 17.0 Å². The smallest absolute Gasteiger partial charge is 0.307 e. The summed E-state index contributed by atoms with van der Waals surface area (Å²) in [7, 11) is 0. The van der Waals surface area contributed by atoms with Crippen molar-refractivity contribution in [3.8, 4) is 0 Å². The Bertz CT molecular complexity index is 469. The highest BCUT2D eigenvalue weighted by Gasteiger charge is 2.31. The zero-order valence-electron chi connectivity index (χ0n) is 12.9. The summed E-state index contributed by atoms with van der Waals surface area (Å²) in [6.07, 6.45) is 0.247. The van der Waals surface area contributed by atoms with Crippen LogP contribution in [0.15, 0.2) is 24.3 Å². The summed E-state index contributed by atoms with van der Waals surface area (Å²) >= 11 is 0. The van der Waals surface area contributed by atoms with Gasteiger partial charge in [0.25, 0.3) is 0 Å². The third kappa shape index (κ3) is 4.47. The molecule has 1 aliphatic carbocycles. The van der Waals surface area contributed by atoms with Gasteiger partial charge in [0.15, 0.2) is 0 Å². The molecule has 0 heterocycles. The fourth-order valence-electron chi connectivity index (χ4n) is 3.00. The first-order valence-corrected chi connectivity index (χ1v) is 7.61. The first kappa shape index (κ1) is 16.3. The number of hydrogen-bond donors (Lipinski definition) is 1. The molecule has 1 unspecified atom stereocenters. The molecule has 0 bridgehead atoms. The van der Waals surface area contributed by atoms with Crippen LogP contribution >= 0.6 is 0 Å². The van der Waals surface area contributed by atoms with E-state index in [1.165, 1.54) is 25.0 Å². The monoisotopic (exact) mass is 299 g/mol. The summed E-state index contributed by atoms with van der Waals surface area (Å²) in [4.78, 5) is 0. The topological polar surface area (TPSA) is 12.0 Å². The lowest BCUT2D eigenvalue weighted by Gasteiger charge is -2.36. The summed E-state index contributed by atoms with van der Waals surface area (Å²) in [6.45, 7) is 6.49. The molecule has 1 nitrogen and oxygen atoms in total. The quantitative estimate of drug-likeness (QED) is 0.796. The predicted octanol–water partition coefficient (Wildman–Crippen LogP) is 5.32. The molecule has 2 rings (SSSR count). The molecule has 0 saturated heterocycles. The van der Waals surface area contributed by atoms with Crippen LogP contribution in [0.3, 0.4) is 0 Å². The summed E-state index contributed by atoms with van der Waals surface area (Å²) in [5.74, 6) is 0. The molecule has 1 aromatic carbocycles. The number of benzene rings is 1. The molecule has 1 fully saturated rings. The van der Waals surface area contributed by atoms with Gasteiger partial charge in [-0.1, -0.05) is 26.0 Å². The van der Waals surface area contributed by atoms with Crippen molar-refractivity contribution in [2.75, 3.05) is 0 Å². The van der Waals surface area contributed by atoms with Crippen molar-refractivity contribution in [1.82, 2.24) is 5.32 Å². The number of halogens is 3. The number of rotatable bonds is 3. The van der Waals surface area contributed by atoms with Crippen LogP contribution < -0.4 is 5.32 Å². The van der Waals surface area contributed by atoms with Gasteiger partial charge < -0.3 is 5.32 Å². The summed E-state index contributed by atoms with van der Waals surface area (Å²) in [5.41, 5.74) is 0.533. The minimum atomic E-state index is -4.27. The van der Waals surface area contributed by atoms with Crippen molar-refractivity contribution in [3.63, 3.8) is 0 Å².